The van der Waals surface area contributed by atoms with Crippen LogP contribution < -0.4 is 0 Å². The highest BCUT2D eigenvalue weighted by atomic mass is 19.1. The zero-order chi connectivity index (χ0) is 10.7. The van der Waals surface area contributed by atoms with Gasteiger partial charge in [0.2, 0.25) is 5.95 Å². The van der Waals surface area contributed by atoms with Crippen molar-refractivity contribution in [2.75, 3.05) is 13.1 Å². The third kappa shape index (κ3) is 2.21. The SMILES string of the molecule is O=C(c1ccc(F)nc1)N1CC=CCC1. The Morgan fingerprint density at radius 3 is 2.87 bits per heavy atom. The van der Waals surface area contributed by atoms with Crippen molar-refractivity contribution < 1.29 is 9.18 Å². The molecule has 15 heavy (non-hydrogen) atoms. The molecule has 78 valence electrons. The van der Waals surface area contributed by atoms with Crippen molar-refractivity contribution >= 4 is 5.91 Å². The van der Waals surface area contributed by atoms with E-state index in [1.807, 2.05) is 12.2 Å². The van der Waals surface area contributed by atoms with Crippen LogP contribution >= 0.6 is 0 Å². The Labute approximate surface area is 87.2 Å². The highest BCUT2D eigenvalue weighted by molar-refractivity contribution is 5.94. The second-order valence-electron chi connectivity index (χ2n) is 3.38. The fraction of sp³-hybridized carbons (Fsp3) is 0.273. The highest BCUT2D eigenvalue weighted by Crippen LogP contribution is 2.08. The van der Waals surface area contributed by atoms with E-state index >= 15 is 0 Å². The van der Waals surface area contributed by atoms with Crippen molar-refractivity contribution in [3.63, 3.8) is 0 Å². The smallest absolute Gasteiger partial charge is 0.255 e. The van der Waals surface area contributed by atoms with Crippen LogP contribution in [0.25, 0.3) is 0 Å². The molecule has 0 radical (unpaired) electrons. The molecule has 0 unspecified atom stereocenters. The van der Waals surface area contributed by atoms with E-state index in [4.69, 9.17) is 0 Å². The molecule has 0 saturated carbocycles. The summed E-state index contributed by atoms with van der Waals surface area (Å²) in [7, 11) is 0. The van der Waals surface area contributed by atoms with E-state index in [-0.39, 0.29) is 5.91 Å². The molecule has 0 atom stereocenters. The Bertz CT molecular complexity index is 386. The predicted molar refractivity (Wildman–Crippen MR) is 53.9 cm³/mol. The first-order valence-corrected chi connectivity index (χ1v) is 4.83. The molecule has 0 saturated heterocycles. The first-order chi connectivity index (χ1) is 7.27. The number of carbonyl (C=O) groups is 1. The number of halogens is 1. The van der Waals surface area contributed by atoms with Crippen molar-refractivity contribution in [1.29, 1.82) is 0 Å². The van der Waals surface area contributed by atoms with Gasteiger partial charge in [-0.25, -0.2) is 4.98 Å². The van der Waals surface area contributed by atoms with Gasteiger partial charge in [0.1, 0.15) is 0 Å². The molecule has 3 nitrogen and oxygen atoms in total. The Kier molecular flexibility index (Phi) is 2.76. The average molecular weight is 206 g/mol. The first kappa shape index (κ1) is 9.83. The van der Waals surface area contributed by atoms with E-state index in [1.54, 1.807) is 4.90 Å². The lowest BCUT2D eigenvalue weighted by molar-refractivity contribution is 0.0770. The van der Waals surface area contributed by atoms with Gasteiger partial charge in [-0.1, -0.05) is 12.2 Å². The monoisotopic (exact) mass is 206 g/mol. The number of nitrogens with zero attached hydrogens (tertiary/aromatic N) is 2. The number of aromatic nitrogens is 1. The minimum atomic E-state index is -0.565. The fourth-order valence-electron chi connectivity index (χ4n) is 1.51. The van der Waals surface area contributed by atoms with Crippen LogP contribution in [0, 0.1) is 5.95 Å². The minimum absolute atomic E-state index is 0.0909. The summed E-state index contributed by atoms with van der Waals surface area (Å²) < 4.78 is 12.5. The highest BCUT2D eigenvalue weighted by Gasteiger charge is 2.15. The number of hydrogen-bond acceptors (Lipinski definition) is 2. The summed E-state index contributed by atoms with van der Waals surface area (Å²) in [6.07, 6.45) is 6.15. The molecule has 1 aromatic rings. The van der Waals surface area contributed by atoms with Gasteiger partial charge in [0.25, 0.3) is 5.91 Å². The molecule has 1 aromatic heterocycles. The summed E-state index contributed by atoms with van der Waals surface area (Å²) in [5.74, 6) is -0.656. The average Bonchev–Trinajstić information content (AvgIpc) is 2.30. The second-order valence-corrected chi connectivity index (χ2v) is 3.38. The van der Waals surface area contributed by atoms with Crippen molar-refractivity contribution in [3.8, 4) is 0 Å². The molecule has 0 aliphatic carbocycles. The van der Waals surface area contributed by atoms with Crippen molar-refractivity contribution in [3.05, 3.63) is 42.0 Å². The zero-order valence-electron chi connectivity index (χ0n) is 8.19. The summed E-state index contributed by atoms with van der Waals surface area (Å²) in [6.45, 7) is 1.34. The van der Waals surface area contributed by atoms with Crippen LogP contribution in [0.5, 0.6) is 0 Å². The number of rotatable bonds is 1. The summed E-state index contributed by atoms with van der Waals surface area (Å²) >= 11 is 0. The topological polar surface area (TPSA) is 33.2 Å². The Morgan fingerprint density at radius 2 is 2.27 bits per heavy atom. The molecule has 2 heterocycles. The van der Waals surface area contributed by atoms with Crippen LogP contribution in [0.4, 0.5) is 4.39 Å². The van der Waals surface area contributed by atoms with E-state index < -0.39 is 5.95 Å². The molecule has 1 aliphatic heterocycles. The van der Waals surface area contributed by atoms with Crippen molar-refractivity contribution in [2.24, 2.45) is 0 Å². The molecule has 0 spiro atoms. The Morgan fingerprint density at radius 1 is 1.40 bits per heavy atom. The van der Waals surface area contributed by atoms with Crippen LogP contribution in [0.3, 0.4) is 0 Å². The third-order valence-corrected chi connectivity index (χ3v) is 2.32. The van der Waals surface area contributed by atoms with E-state index in [0.29, 0.717) is 18.7 Å². The molecular weight excluding hydrogens is 195 g/mol. The molecular formula is C11H11FN2O. The quantitative estimate of drug-likeness (QED) is 0.516. The van der Waals surface area contributed by atoms with Crippen LogP contribution in [0.2, 0.25) is 0 Å². The minimum Gasteiger partial charge on any atom is -0.335 e. The predicted octanol–water partition coefficient (Wildman–Crippen LogP) is 1.62. The van der Waals surface area contributed by atoms with E-state index in [0.717, 1.165) is 6.42 Å². The maximum absolute atomic E-state index is 12.5. The number of hydrogen-bond donors (Lipinski definition) is 0. The normalized spacial score (nSPS) is 15.4. The van der Waals surface area contributed by atoms with Gasteiger partial charge >= 0.3 is 0 Å². The van der Waals surface area contributed by atoms with Crippen molar-refractivity contribution in [1.82, 2.24) is 9.88 Å². The van der Waals surface area contributed by atoms with Gasteiger partial charge in [-0.2, -0.15) is 4.39 Å². The van der Waals surface area contributed by atoms with Crippen LogP contribution in [0.1, 0.15) is 16.8 Å². The van der Waals surface area contributed by atoms with Gasteiger partial charge in [0, 0.05) is 19.3 Å². The van der Waals surface area contributed by atoms with Crippen LogP contribution in [-0.4, -0.2) is 28.9 Å². The molecule has 0 bridgehead atoms. The summed E-state index contributed by atoms with van der Waals surface area (Å²) in [4.78, 5) is 17.0. The standard InChI is InChI=1S/C11H11FN2O/c12-10-5-4-9(8-13-10)11(15)14-6-2-1-3-7-14/h1-2,4-5,8H,3,6-7H2. The van der Waals surface area contributed by atoms with Crippen molar-refractivity contribution in [2.45, 2.75) is 6.42 Å². The molecule has 4 heteroatoms. The van der Waals surface area contributed by atoms with E-state index in [9.17, 15) is 9.18 Å². The summed E-state index contributed by atoms with van der Waals surface area (Å²) in [5.41, 5.74) is 0.437. The lowest BCUT2D eigenvalue weighted by Crippen LogP contribution is -2.33. The van der Waals surface area contributed by atoms with Crippen LogP contribution in [-0.2, 0) is 0 Å². The molecule has 1 aliphatic rings. The van der Waals surface area contributed by atoms with Crippen LogP contribution in [0.15, 0.2) is 30.5 Å². The van der Waals surface area contributed by atoms with Gasteiger partial charge in [-0.3, -0.25) is 4.79 Å². The van der Waals surface area contributed by atoms with Gasteiger partial charge < -0.3 is 4.90 Å². The molecule has 1 amide bonds. The van der Waals surface area contributed by atoms with E-state index in [2.05, 4.69) is 4.98 Å². The zero-order valence-corrected chi connectivity index (χ0v) is 8.19. The second kappa shape index (κ2) is 4.21. The number of carbonyl (C=O) groups excluding carboxylic acids is 1. The molecule has 0 N–H and O–H groups in total. The Hall–Kier alpha value is -1.71. The van der Waals surface area contributed by atoms with Gasteiger partial charge in [-0.15, -0.1) is 0 Å². The fourth-order valence-corrected chi connectivity index (χ4v) is 1.51. The van der Waals surface area contributed by atoms with Gasteiger partial charge in [0.05, 0.1) is 5.56 Å². The molecule has 0 fully saturated rings. The van der Waals surface area contributed by atoms with E-state index in [1.165, 1.54) is 18.3 Å². The maximum Gasteiger partial charge on any atom is 0.255 e. The number of pyridine rings is 1. The largest absolute Gasteiger partial charge is 0.335 e. The number of amides is 1. The lowest BCUT2D eigenvalue weighted by atomic mass is 10.2. The summed E-state index contributed by atoms with van der Waals surface area (Å²) in [5, 5.41) is 0. The molecule has 2 rings (SSSR count). The maximum atomic E-state index is 12.5. The Balaban J connectivity index is 2.13. The molecule has 0 aromatic carbocycles. The lowest BCUT2D eigenvalue weighted by Gasteiger charge is -2.23. The summed E-state index contributed by atoms with van der Waals surface area (Å²) in [6, 6.07) is 2.66. The first-order valence-electron chi connectivity index (χ1n) is 4.83. The van der Waals surface area contributed by atoms with Gasteiger partial charge in [0.15, 0.2) is 0 Å². The van der Waals surface area contributed by atoms with Gasteiger partial charge in [-0.05, 0) is 18.6 Å². The third-order valence-electron chi connectivity index (χ3n) is 2.32.